The van der Waals surface area contributed by atoms with E-state index in [4.69, 9.17) is 57.3 Å². The summed E-state index contributed by atoms with van der Waals surface area (Å²) in [5.74, 6) is -7.09. The third-order valence-corrected chi connectivity index (χ3v) is 10.6. The number of pyridine rings is 2. The Hall–Kier alpha value is -3.44. The van der Waals surface area contributed by atoms with Gasteiger partial charge in [-0.3, -0.25) is 13.6 Å². The summed E-state index contributed by atoms with van der Waals surface area (Å²) in [5, 5.41) is 43.1. The SMILES string of the molecule is Cc1ccc(-c2ccc3nnc(C(F)(F)COCC(O)COc4ccccc4Cl)n3c2)cc1.Cc1ccc(-c2ccc3nnc(C(F)(F)COCC4CO4)n3c2)cc1.O=CO[O-].Oc1ccccc1Cl.[H-].[K+].[K+]. The summed E-state index contributed by atoms with van der Waals surface area (Å²) >= 11 is 11.4. The van der Waals surface area contributed by atoms with Gasteiger partial charge in [0, 0.05) is 12.4 Å². The molecule has 2 atom stereocenters. The van der Waals surface area contributed by atoms with Gasteiger partial charge in [-0.2, -0.15) is 17.6 Å². The van der Waals surface area contributed by atoms with Gasteiger partial charge in [0.15, 0.2) is 11.3 Å². The zero-order valence-corrected chi connectivity index (χ0v) is 47.1. The van der Waals surface area contributed by atoms with E-state index < -0.39 is 42.8 Å². The molecule has 0 radical (unpaired) electrons. The maximum atomic E-state index is 14.9. The molecule has 370 valence electrons. The van der Waals surface area contributed by atoms with E-state index in [2.05, 4.69) is 25.3 Å². The summed E-state index contributed by atoms with van der Waals surface area (Å²) in [6.07, 6.45) is 2.04. The summed E-state index contributed by atoms with van der Waals surface area (Å²) in [6, 6.07) is 36.0. The average molecular weight is 1090 g/mol. The number of aliphatic hydroxyl groups excluding tert-OH is 1. The number of rotatable bonds is 16. The molecule has 72 heavy (non-hydrogen) atoms. The molecule has 0 aliphatic carbocycles. The van der Waals surface area contributed by atoms with Crippen LogP contribution in [0.1, 0.15) is 24.2 Å². The van der Waals surface area contributed by atoms with Crippen LogP contribution in [0.15, 0.2) is 134 Å². The van der Waals surface area contributed by atoms with Gasteiger partial charge in [0.25, 0.3) is 6.47 Å². The molecule has 15 nitrogen and oxygen atoms in total. The van der Waals surface area contributed by atoms with Crippen LogP contribution in [0, 0.1) is 13.8 Å². The minimum Gasteiger partial charge on any atom is -1.00 e. The van der Waals surface area contributed by atoms with Crippen molar-refractivity contribution in [1.29, 1.82) is 0 Å². The standard InChI is InChI=1S/C24H22ClF2N3O3.C18H17F2N3O2.C6H5ClO.CH2O3.2K.H/c1-16-6-8-17(9-7-16)18-10-11-22-28-29-23(30(22)12-18)24(26,27)15-32-13-19(31)14-33-21-5-3-2-4-20(21)25;1-12-2-4-13(5-3-12)14-6-7-16-21-22-17(23(16)8-14)18(19,20)11-24-9-15-10-25-15;7-5-3-1-2-4-6(5)8;2-1-4-3;;;/h2-12,19,31H,13-15H2,1H3;2-8,15H,9-11H2,1H3;1-4,8H;1,3H;;;/q;;;;2*+1;-1/p-1. The van der Waals surface area contributed by atoms with E-state index in [0.29, 0.717) is 33.7 Å². The van der Waals surface area contributed by atoms with E-state index in [1.807, 2.05) is 74.5 Å². The maximum Gasteiger partial charge on any atom is 1.00 e. The smallest absolute Gasteiger partial charge is 1.00 e. The van der Waals surface area contributed by atoms with Crippen molar-refractivity contribution in [3.05, 3.63) is 167 Å². The topological polar surface area (TPSA) is 190 Å². The molecule has 1 saturated heterocycles. The van der Waals surface area contributed by atoms with Gasteiger partial charge in [-0.05, 0) is 84.6 Å². The van der Waals surface area contributed by atoms with Gasteiger partial charge in [0.2, 0.25) is 11.6 Å². The number of phenolic OH excluding ortho intramolecular Hbond substituents is 1. The predicted molar refractivity (Wildman–Crippen MR) is 250 cm³/mol. The van der Waals surface area contributed by atoms with Crippen LogP contribution in [0.4, 0.5) is 17.6 Å². The molecule has 5 heterocycles. The maximum absolute atomic E-state index is 14.9. The van der Waals surface area contributed by atoms with Crippen molar-refractivity contribution < 1.29 is 166 Å². The number of benzene rings is 4. The van der Waals surface area contributed by atoms with Crippen LogP contribution in [0.3, 0.4) is 0 Å². The second kappa shape index (κ2) is 29.6. The van der Waals surface area contributed by atoms with Gasteiger partial charge in [-0.1, -0.05) is 107 Å². The Morgan fingerprint density at radius 3 is 1.58 bits per heavy atom. The molecule has 0 amide bonds. The molecule has 1 aliphatic rings. The van der Waals surface area contributed by atoms with Crippen molar-refractivity contribution in [2.75, 3.05) is 39.6 Å². The van der Waals surface area contributed by atoms with Crippen molar-refractivity contribution in [2.45, 2.75) is 37.9 Å². The van der Waals surface area contributed by atoms with Crippen LogP contribution in [0.2, 0.25) is 10.0 Å². The zero-order valence-electron chi connectivity index (χ0n) is 40.4. The molecule has 0 saturated carbocycles. The largest absolute Gasteiger partial charge is 1.00 e. The third kappa shape index (κ3) is 18.1. The van der Waals surface area contributed by atoms with Crippen LogP contribution >= 0.6 is 23.2 Å². The predicted octanol–water partition coefficient (Wildman–Crippen LogP) is 2.72. The number of aliphatic hydroxyl groups is 1. The monoisotopic (exact) mass is 1090 g/mol. The number of halogens is 6. The van der Waals surface area contributed by atoms with Crippen molar-refractivity contribution in [1.82, 2.24) is 29.2 Å². The Morgan fingerprint density at radius 1 is 0.708 bits per heavy atom. The first kappa shape index (κ1) is 61.1. The fraction of sp³-hybridized carbons (Fsp3) is 0.245. The molecule has 1 fully saturated rings. The number of nitrogens with zero attached hydrogens (tertiary/aromatic N) is 6. The van der Waals surface area contributed by atoms with Gasteiger partial charge in [-0.25, -0.2) is 0 Å². The number of carbonyl (C=O) groups excluding carboxylic acids is 1. The second-order valence-corrected chi connectivity index (χ2v) is 16.3. The Morgan fingerprint density at radius 2 is 1.15 bits per heavy atom. The van der Waals surface area contributed by atoms with Crippen molar-refractivity contribution in [3.8, 4) is 33.8 Å². The molecule has 4 aromatic heterocycles. The molecular formula is C49H46Cl2F4K2N6O9. The first-order valence-corrected chi connectivity index (χ1v) is 21.9. The number of aromatic nitrogens is 6. The fourth-order valence-electron chi connectivity index (χ4n) is 6.30. The summed E-state index contributed by atoms with van der Waals surface area (Å²) in [6.45, 7) is 2.33. The van der Waals surface area contributed by atoms with E-state index >= 15 is 0 Å². The summed E-state index contributed by atoms with van der Waals surface area (Å²) in [4.78, 5) is 11.2. The number of ether oxygens (including phenoxy) is 4. The Balaban J connectivity index is 0.000000309. The normalized spacial score (nSPS) is 13.1. The van der Waals surface area contributed by atoms with E-state index in [0.717, 1.165) is 33.4 Å². The summed E-state index contributed by atoms with van der Waals surface area (Å²) < 4.78 is 81.8. The number of carbonyl (C=O) groups is 1. The van der Waals surface area contributed by atoms with Crippen molar-refractivity contribution >= 4 is 41.0 Å². The second-order valence-electron chi connectivity index (χ2n) is 15.5. The number of phenols is 1. The molecule has 9 rings (SSSR count). The van der Waals surface area contributed by atoms with E-state index in [9.17, 15) is 22.7 Å². The Kier molecular flexibility index (Phi) is 25.1. The van der Waals surface area contributed by atoms with Gasteiger partial charge in [0.05, 0.1) is 29.9 Å². The van der Waals surface area contributed by atoms with E-state index in [1.165, 1.54) is 8.80 Å². The zero-order chi connectivity index (χ0) is 50.3. The third-order valence-electron chi connectivity index (χ3n) is 9.97. The van der Waals surface area contributed by atoms with Crippen LogP contribution in [0.5, 0.6) is 11.5 Å². The Bertz CT molecular complexity index is 2920. The number of epoxide rings is 1. The molecule has 8 aromatic rings. The first-order valence-electron chi connectivity index (χ1n) is 21.2. The first-order chi connectivity index (χ1) is 33.6. The molecule has 2 unspecified atom stereocenters. The van der Waals surface area contributed by atoms with Crippen LogP contribution in [0.25, 0.3) is 33.5 Å². The number of aromatic hydroxyl groups is 1. The van der Waals surface area contributed by atoms with Crippen molar-refractivity contribution in [2.24, 2.45) is 0 Å². The quantitative estimate of drug-likeness (QED) is 0.0359. The number of fused-ring (bicyclic) bond motifs is 2. The number of hydrogen-bond donors (Lipinski definition) is 2. The molecule has 0 bridgehead atoms. The van der Waals surface area contributed by atoms with Gasteiger partial charge in [0.1, 0.15) is 43.5 Å². The summed E-state index contributed by atoms with van der Waals surface area (Å²) in [5.41, 5.74) is 6.32. The molecule has 23 heteroatoms. The molecule has 2 N–H and O–H groups in total. The Labute approximate surface area is 507 Å². The summed E-state index contributed by atoms with van der Waals surface area (Å²) in [7, 11) is 0. The number of aryl methyl sites for hydroxylation is 2. The van der Waals surface area contributed by atoms with Gasteiger partial charge in [-0.15, -0.1) is 20.4 Å². The number of para-hydroxylation sites is 2. The van der Waals surface area contributed by atoms with E-state index in [1.54, 1.807) is 73.1 Å². The van der Waals surface area contributed by atoms with Crippen molar-refractivity contribution in [3.63, 3.8) is 0 Å². The van der Waals surface area contributed by atoms with Gasteiger partial charge < -0.3 is 40.7 Å². The molecule has 4 aromatic carbocycles. The van der Waals surface area contributed by atoms with Crippen LogP contribution in [-0.2, 0) is 35.7 Å². The number of alkyl halides is 4. The number of hydrogen-bond acceptors (Lipinski definition) is 13. The fourth-order valence-corrected chi connectivity index (χ4v) is 6.62. The van der Waals surface area contributed by atoms with Crippen LogP contribution < -0.4 is 113 Å². The molecule has 1 aliphatic heterocycles. The minimum absolute atomic E-state index is 0. The van der Waals surface area contributed by atoms with Crippen LogP contribution in [-0.4, -0.2) is 97.7 Å². The molecule has 0 spiro atoms. The average Bonchev–Trinajstić information content (AvgIpc) is 3.90. The van der Waals surface area contributed by atoms with E-state index in [-0.39, 0.29) is 142 Å². The van der Waals surface area contributed by atoms with Gasteiger partial charge >= 0.3 is 115 Å². The molecular weight excluding hydrogens is 1040 g/mol. The minimum atomic E-state index is -3.42.